The Morgan fingerprint density at radius 3 is 2.83 bits per heavy atom. The number of nitrogens with two attached hydrogens (primary N) is 1. The number of furan rings is 1. The second kappa shape index (κ2) is 4.34. The number of piperazine rings is 1. The van der Waals surface area contributed by atoms with Crippen LogP contribution in [0, 0.1) is 0 Å². The van der Waals surface area contributed by atoms with E-state index < -0.39 is 5.91 Å². The van der Waals surface area contributed by atoms with Crippen LogP contribution in [-0.4, -0.2) is 32.1 Å². The van der Waals surface area contributed by atoms with E-state index in [1.54, 1.807) is 6.07 Å². The van der Waals surface area contributed by atoms with Crippen LogP contribution < -0.4 is 16.0 Å². The Hall–Kier alpha value is -2.01. The molecule has 5 nitrogen and oxygen atoms in total. The molecule has 1 saturated heterocycles. The number of nitrogens with one attached hydrogen (secondary N) is 1. The van der Waals surface area contributed by atoms with Crippen molar-refractivity contribution in [3.8, 4) is 0 Å². The van der Waals surface area contributed by atoms with Crippen LogP contribution in [0.2, 0.25) is 0 Å². The molecule has 94 valence electrons. The summed E-state index contributed by atoms with van der Waals surface area (Å²) in [6, 6.07) is 7.61. The van der Waals surface area contributed by atoms with Gasteiger partial charge in [-0.25, -0.2) is 0 Å². The minimum Gasteiger partial charge on any atom is -0.449 e. The summed E-state index contributed by atoms with van der Waals surface area (Å²) >= 11 is 0. The second-order valence-electron chi connectivity index (χ2n) is 4.41. The average molecular weight is 245 g/mol. The first kappa shape index (κ1) is 11.1. The lowest BCUT2D eigenvalue weighted by Gasteiger charge is -2.29. The summed E-state index contributed by atoms with van der Waals surface area (Å²) < 4.78 is 5.58. The lowest BCUT2D eigenvalue weighted by Crippen LogP contribution is -2.43. The van der Waals surface area contributed by atoms with Gasteiger partial charge in [0.2, 0.25) is 0 Å². The van der Waals surface area contributed by atoms with Crippen molar-refractivity contribution in [2.45, 2.75) is 0 Å². The van der Waals surface area contributed by atoms with Crippen LogP contribution in [0.25, 0.3) is 11.0 Å². The van der Waals surface area contributed by atoms with E-state index in [0.29, 0.717) is 0 Å². The van der Waals surface area contributed by atoms with Gasteiger partial charge < -0.3 is 20.4 Å². The number of benzene rings is 1. The second-order valence-corrected chi connectivity index (χ2v) is 4.41. The number of amides is 1. The lowest BCUT2D eigenvalue weighted by molar-refractivity contribution is 0.0976. The number of rotatable bonds is 2. The van der Waals surface area contributed by atoms with E-state index in [1.807, 2.05) is 18.2 Å². The van der Waals surface area contributed by atoms with Crippen LogP contribution in [0.4, 0.5) is 5.69 Å². The molecule has 0 bridgehead atoms. The maximum atomic E-state index is 11.2. The van der Waals surface area contributed by atoms with Gasteiger partial charge in [0.1, 0.15) is 0 Å². The molecule has 0 aliphatic carbocycles. The molecule has 1 fully saturated rings. The largest absolute Gasteiger partial charge is 0.449 e. The number of carbonyl (C=O) groups is 1. The van der Waals surface area contributed by atoms with Crippen molar-refractivity contribution < 1.29 is 9.21 Å². The molecule has 0 saturated carbocycles. The number of fused-ring (bicyclic) bond motifs is 1. The topological polar surface area (TPSA) is 71.5 Å². The molecular formula is C13H15N3O2. The highest BCUT2D eigenvalue weighted by atomic mass is 16.3. The van der Waals surface area contributed by atoms with Crippen molar-refractivity contribution in [3.63, 3.8) is 0 Å². The fraction of sp³-hybridized carbons (Fsp3) is 0.308. The molecule has 18 heavy (non-hydrogen) atoms. The standard InChI is InChI=1S/C13H15N3O2/c14-13(17)11-8-9-2-1-3-10(12(9)18-11)16-6-4-15-5-7-16/h1-3,8,15H,4-7H2,(H2,14,17). The zero-order chi connectivity index (χ0) is 12.5. The van der Waals surface area contributed by atoms with Gasteiger partial charge in [-0.1, -0.05) is 12.1 Å². The van der Waals surface area contributed by atoms with Gasteiger partial charge in [0, 0.05) is 31.6 Å². The minimum atomic E-state index is -0.530. The van der Waals surface area contributed by atoms with Crippen molar-refractivity contribution in [1.82, 2.24) is 5.32 Å². The SMILES string of the molecule is NC(=O)c1cc2cccc(N3CCNCC3)c2o1. The number of nitrogens with zero attached hydrogens (tertiary/aromatic N) is 1. The van der Waals surface area contributed by atoms with Gasteiger partial charge in [-0.2, -0.15) is 0 Å². The molecule has 1 aliphatic heterocycles. The molecule has 1 aromatic heterocycles. The Kier molecular flexibility index (Phi) is 2.68. The van der Waals surface area contributed by atoms with Gasteiger partial charge >= 0.3 is 0 Å². The minimum absolute atomic E-state index is 0.215. The molecule has 2 heterocycles. The van der Waals surface area contributed by atoms with Crippen molar-refractivity contribution in [2.75, 3.05) is 31.1 Å². The molecule has 1 aromatic carbocycles. The highest BCUT2D eigenvalue weighted by Crippen LogP contribution is 2.29. The van der Waals surface area contributed by atoms with E-state index >= 15 is 0 Å². The Balaban J connectivity index is 2.07. The Labute approximate surface area is 105 Å². The Morgan fingerprint density at radius 1 is 1.33 bits per heavy atom. The molecule has 1 aliphatic rings. The molecule has 3 rings (SSSR count). The Bertz CT molecular complexity index is 585. The summed E-state index contributed by atoms with van der Waals surface area (Å²) in [6.07, 6.45) is 0. The predicted molar refractivity (Wildman–Crippen MR) is 69.8 cm³/mol. The van der Waals surface area contributed by atoms with E-state index in [2.05, 4.69) is 10.2 Å². The van der Waals surface area contributed by atoms with E-state index in [4.69, 9.17) is 10.2 Å². The van der Waals surface area contributed by atoms with Crippen LogP contribution in [0.5, 0.6) is 0 Å². The summed E-state index contributed by atoms with van der Waals surface area (Å²) in [6.45, 7) is 3.79. The molecule has 2 aromatic rings. The van der Waals surface area contributed by atoms with Crippen LogP contribution in [-0.2, 0) is 0 Å². The molecule has 0 spiro atoms. The predicted octanol–water partition coefficient (Wildman–Crippen LogP) is 0.941. The third-order valence-corrected chi connectivity index (χ3v) is 3.22. The highest BCUT2D eigenvalue weighted by Gasteiger charge is 2.17. The fourth-order valence-electron chi connectivity index (χ4n) is 2.32. The first-order valence-corrected chi connectivity index (χ1v) is 6.04. The first-order chi connectivity index (χ1) is 8.75. The van der Waals surface area contributed by atoms with Gasteiger partial charge in [0.15, 0.2) is 11.3 Å². The Morgan fingerprint density at radius 2 is 2.11 bits per heavy atom. The summed E-state index contributed by atoms with van der Waals surface area (Å²) in [4.78, 5) is 13.4. The van der Waals surface area contributed by atoms with Gasteiger partial charge in [0.05, 0.1) is 5.69 Å². The number of carbonyl (C=O) groups excluding carboxylic acids is 1. The van der Waals surface area contributed by atoms with E-state index in [-0.39, 0.29) is 5.76 Å². The van der Waals surface area contributed by atoms with Gasteiger partial charge in [-0.3, -0.25) is 4.79 Å². The van der Waals surface area contributed by atoms with Gasteiger partial charge in [-0.15, -0.1) is 0 Å². The summed E-state index contributed by atoms with van der Waals surface area (Å²) in [5.41, 5.74) is 7.02. The third-order valence-electron chi connectivity index (χ3n) is 3.22. The lowest BCUT2D eigenvalue weighted by atomic mass is 10.2. The molecular weight excluding hydrogens is 230 g/mol. The van der Waals surface area contributed by atoms with Crippen LogP contribution in [0.3, 0.4) is 0 Å². The van der Waals surface area contributed by atoms with E-state index in [1.165, 1.54) is 0 Å². The summed E-state index contributed by atoms with van der Waals surface area (Å²) in [7, 11) is 0. The molecule has 1 amide bonds. The normalized spacial score (nSPS) is 16.1. The smallest absolute Gasteiger partial charge is 0.284 e. The first-order valence-electron chi connectivity index (χ1n) is 6.04. The van der Waals surface area contributed by atoms with Crippen LogP contribution >= 0.6 is 0 Å². The number of hydrogen-bond donors (Lipinski definition) is 2. The molecule has 0 radical (unpaired) electrons. The monoisotopic (exact) mass is 245 g/mol. The average Bonchev–Trinajstić information content (AvgIpc) is 2.83. The maximum absolute atomic E-state index is 11.2. The van der Waals surface area contributed by atoms with Crippen molar-refractivity contribution in [1.29, 1.82) is 0 Å². The van der Waals surface area contributed by atoms with Crippen LogP contribution in [0.1, 0.15) is 10.6 Å². The quantitative estimate of drug-likeness (QED) is 0.826. The van der Waals surface area contributed by atoms with Crippen molar-refractivity contribution in [2.24, 2.45) is 5.73 Å². The van der Waals surface area contributed by atoms with Crippen molar-refractivity contribution in [3.05, 3.63) is 30.0 Å². The molecule has 3 N–H and O–H groups in total. The zero-order valence-electron chi connectivity index (χ0n) is 9.98. The van der Waals surface area contributed by atoms with Gasteiger partial charge in [-0.05, 0) is 12.1 Å². The van der Waals surface area contributed by atoms with Gasteiger partial charge in [0.25, 0.3) is 5.91 Å². The molecule has 5 heteroatoms. The molecule has 0 unspecified atom stereocenters. The molecule has 0 atom stereocenters. The fourth-order valence-corrected chi connectivity index (χ4v) is 2.32. The number of anilines is 1. The van der Waals surface area contributed by atoms with Crippen LogP contribution in [0.15, 0.2) is 28.7 Å². The highest BCUT2D eigenvalue weighted by molar-refractivity contribution is 5.98. The number of para-hydroxylation sites is 1. The summed E-state index contributed by atoms with van der Waals surface area (Å²) in [5, 5.41) is 4.23. The van der Waals surface area contributed by atoms with E-state index in [0.717, 1.165) is 42.8 Å². The zero-order valence-corrected chi connectivity index (χ0v) is 9.98. The summed E-state index contributed by atoms with van der Waals surface area (Å²) in [5.74, 6) is -0.315. The maximum Gasteiger partial charge on any atom is 0.284 e. The third kappa shape index (κ3) is 1.82. The number of hydrogen-bond acceptors (Lipinski definition) is 4. The van der Waals surface area contributed by atoms with E-state index in [9.17, 15) is 4.79 Å². The van der Waals surface area contributed by atoms with Crippen molar-refractivity contribution >= 4 is 22.6 Å². The number of primary amides is 1.